The minimum atomic E-state index is -1.51. The fourth-order valence-corrected chi connectivity index (χ4v) is 4.39. The minimum absolute atomic E-state index is 0.0807. The topological polar surface area (TPSA) is 0 Å². The van der Waals surface area contributed by atoms with Gasteiger partial charge in [-0.15, -0.1) is 0 Å². The van der Waals surface area contributed by atoms with Crippen LogP contribution in [0.1, 0.15) is 107 Å². The van der Waals surface area contributed by atoms with Crippen LogP contribution in [0.3, 0.4) is 0 Å². The second-order valence-corrected chi connectivity index (χ2v) is 8.39. The average Bonchev–Trinajstić information content (AvgIpc) is 2.67. The van der Waals surface area contributed by atoms with Gasteiger partial charge in [0.15, 0.2) is 0 Å². The Morgan fingerprint density at radius 2 is 1.37 bits per heavy atom. The van der Waals surface area contributed by atoms with Crippen LogP contribution in [-0.2, 0) is 6.42 Å². The van der Waals surface area contributed by atoms with Gasteiger partial charge in [-0.2, -0.15) is 8.78 Å². The fraction of sp³-hybridized carbons (Fsp3) is 0.680. The quantitative estimate of drug-likeness (QED) is 0.320. The van der Waals surface area contributed by atoms with Crippen molar-refractivity contribution in [2.45, 2.75) is 103 Å². The average molecular weight is 377 g/mol. The number of halogens is 2. The molecule has 0 nitrogen and oxygen atoms in total. The van der Waals surface area contributed by atoms with E-state index in [0.717, 1.165) is 31.8 Å². The van der Waals surface area contributed by atoms with E-state index in [4.69, 9.17) is 0 Å². The maximum atomic E-state index is 12.4. The second kappa shape index (κ2) is 13.1. The van der Waals surface area contributed by atoms with Crippen molar-refractivity contribution in [3.8, 4) is 0 Å². The fourth-order valence-electron chi connectivity index (χ4n) is 4.39. The smallest absolute Gasteiger partial charge is 0.174 e. The zero-order chi connectivity index (χ0) is 19.3. The molecule has 152 valence electrons. The molecule has 0 spiro atoms. The highest BCUT2D eigenvalue weighted by Gasteiger charge is 2.21. The lowest BCUT2D eigenvalue weighted by molar-refractivity contribution is 0.351. The highest BCUT2D eigenvalue weighted by Crippen LogP contribution is 2.37. The van der Waals surface area contributed by atoms with E-state index in [2.05, 4.69) is 31.2 Å². The van der Waals surface area contributed by atoms with Crippen molar-refractivity contribution in [1.29, 1.82) is 0 Å². The molecule has 0 unspecified atom stereocenters. The van der Waals surface area contributed by atoms with Gasteiger partial charge in [-0.05, 0) is 67.6 Å². The molecule has 1 saturated carbocycles. The lowest BCUT2D eigenvalue weighted by atomic mass is 9.78. The number of rotatable bonds is 12. The third-order valence-corrected chi connectivity index (χ3v) is 6.15. The summed E-state index contributed by atoms with van der Waals surface area (Å²) in [6.07, 6.45) is 17.0. The van der Waals surface area contributed by atoms with Gasteiger partial charge in [0.25, 0.3) is 6.08 Å². The minimum Gasteiger partial charge on any atom is -0.174 e. The Kier molecular flexibility index (Phi) is 10.7. The molecule has 0 radical (unpaired) electrons. The normalized spacial score (nSPS) is 19.8. The molecule has 0 N–H and O–H groups in total. The van der Waals surface area contributed by atoms with E-state index in [-0.39, 0.29) is 5.92 Å². The van der Waals surface area contributed by atoms with Crippen molar-refractivity contribution in [3.05, 3.63) is 47.5 Å². The van der Waals surface area contributed by atoms with Crippen LogP contribution in [-0.4, -0.2) is 0 Å². The molecule has 0 aliphatic heterocycles. The number of hydrogen-bond donors (Lipinski definition) is 0. The summed E-state index contributed by atoms with van der Waals surface area (Å²) in [6, 6.07) is 9.12. The van der Waals surface area contributed by atoms with Crippen LogP contribution in [0.5, 0.6) is 0 Å². The van der Waals surface area contributed by atoms with Crippen LogP contribution in [0.25, 0.3) is 0 Å². The zero-order valence-corrected chi connectivity index (χ0v) is 17.2. The predicted octanol–water partition coefficient (Wildman–Crippen LogP) is 8.81. The van der Waals surface area contributed by atoms with E-state index < -0.39 is 6.08 Å². The first-order chi connectivity index (χ1) is 13.2. The molecule has 0 saturated heterocycles. The summed E-state index contributed by atoms with van der Waals surface area (Å²) in [5, 5.41) is 0. The number of benzene rings is 1. The standard InChI is InChI=1S/C25H38F2/c1-2-3-4-5-6-7-8-9-10-11-21-12-16-23(17-13-21)24-18-14-22(15-19-24)20-25(26)27/h12-13,16-17,20,22,24H,2-11,14-15,18-19H2,1H3/t22-,24-. The maximum absolute atomic E-state index is 12.4. The van der Waals surface area contributed by atoms with Gasteiger partial charge in [0.05, 0.1) is 0 Å². The van der Waals surface area contributed by atoms with Crippen molar-refractivity contribution in [1.82, 2.24) is 0 Å². The maximum Gasteiger partial charge on any atom is 0.266 e. The molecule has 0 aromatic heterocycles. The van der Waals surface area contributed by atoms with Crippen LogP contribution < -0.4 is 0 Å². The number of allylic oxidation sites excluding steroid dienone is 1. The van der Waals surface area contributed by atoms with Gasteiger partial charge in [0, 0.05) is 0 Å². The van der Waals surface area contributed by atoms with Crippen LogP contribution in [0.15, 0.2) is 36.4 Å². The van der Waals surface area contributed by atoms with Gasteiger partial charge in [0.1, 0.15) is 0 Å². The predicted molar refractivity (Wildman–Crippen MR) is 112 cm³/mol. The molecule has 27 heavy (non-hydrogen) atoms. The summed E-state index contributed by atoms with van der Waals surface area (Å²) in [7, 11) is 0. The first-order valence-corrected chi connectivity index (χ1v) is 11.3. The summed E-state index contributed by atoms with van der Waals surface area (Å²) in [5.74, 6) is 0.635. The van der Waals surface area contributed by atoms with Gasteiger partial charge in [-0.1, -0.05) is 82.6 Å². The Labute approximate surface area is 165 Å². The molecular weight excluding hydrogens is 338 g/mol. The Balaban J connectivity index is 1.59. The van der Waals surface area contributed by atoms with Crippen molar-refractivity contribution in [2.75, 3.05) is 0 Å². The summed E-state index contributed by atoms with van der Waals surface area (Å²) in [4.78, 5) is 0. The molecule has 1 fully saturated rings. The van der Waals surface area contributed by atoms with E-state index in [9.17, 15) is 8.78 Å². The summed E-state index contributed by atoms with van der Waals surface area (Å²) < 4.78 is 24.8. The van der Waals surface area contributed by atoms with E-state index in [1.807, 2.05) is 0 Å². The van der Waals surface area contributed by atoms with Gasteiger partial charge in [0.2, 0.25) is 0 Å². The molecule has 2 rings (SSSR count). The Morgan fingerprint density at radius 3 is 1.93 bits per heavy atom. The number of hydrogen-bond acceptors (Lipinski definition) is 0. The van der Waals surface area contributed by atoms with E-state index in [1.54, 1.807) is 0 Å². The van der Waals surface area contributed by atoms with E-state index >= 15 is 0 Å². The SMILES string of the molecule is CCCCCCCCCCCc1ccc([C@H]2CC[C@H](C=C(F)F)CC2)cc1. The van der Waals surface area contributed by atoms with Crippen LogP contribution in [0.2, 0.25) is 0 Å². The summed E-state index contributed by atoms with van der Waals surface area (Å²) in [6.45, 7) is 2.27. The molecule has 0 heterocycles. The van der Waals surface area contributed by atoms with Crippen molar-refractivity contribution in [2.24, 2.45) is 5.92 Å². The van der Waals surface area contributed by atoms with E-state index in [0.29, 0.717) is 5.92 Å². The third-order valence-electron chi connectivity index (χ3n) is 6.15. The third kappa shape index (κ3) is 9.04. The van der Waals surface area contributed by atoms with Gasteiger partial charge >= 0.3 is 0 Å². The summed E-state index contributed by atoms with van der Waals surface area (Å²) in [5.41, 5.74) is 2.84. The van der Waals surface area contributed by atoms with Crippen LogP contribution in [0.4, 0.5) is 8.78 Å². The van der Waals surface area contributed by atoms with Crippen LogP contribution >= 0.6 is 0 Å². The van der Waals surface area contributed by atoms with Crippen molar-refractivity contribution >= 4 is 0 Å². The second-order valence-electron chi connectivity index (χ2n) is 8.39. The van der Waals surface area contributed by atoms with Crippen molar-refractivity contribution in [3.63, 3.8) is 0 Å². The largest absolute Gasteiger partial charge is 0.266 e. The Hall–Kier alpha value is -1.18. The first-order valence-electron chi connectivity index (χ1n) is 11.3. The van der Waals surface area contributed by atoms with E-state index in [1.165, 1.54) is 75.3 Å². The Morgan fingerprint density at radius 1 is 0.815 bits per heavy atom. The molecule has 1 aliphatic carbocycles. The lowest BCUT2D eigenvalue weighted by Gasteiger charge is -2.27. The molecule has 0 amide bonds. The molecular formula is C25H38F2. The van der Waals surface area contributed by atoms with Crippen LogP contribution in [0, 0.1) is 5.92 Å². The zero-order valence-electron chi connectivity index (χ0n) is 17.2. The molecule has 1 aromatic carbocycles. The Bertz CT molecular complexity index is 520. The molecule has 1 aromatic rings. The van der Waals surface area contributed by atoms with Gasteiger partial charge < -0.3 is 0 Å². The molecule has 0 atom stereocenters. The molecule has 1 aliphatic rings. The monoisotopic (exact) mass is 376 g/mol. The van der Waals surface area contributed by atoms with Gasteiger partial charge in [-0.25, -0.2) is 0 Å². The highest BCUT2D eigenvalue weighted by atomic mass is 19.3. The molecule has 0 bridgehead atoms. The first kappa shape index (κ1) is 22.1. The lowest BCUT2D eigenvalue weighted by Crippen LogP contribution is -2.11. The number of unbranched alkanes of at least 4 members (excludes halogenated alkanes) is 8. The number of aryl methyl sites for hydroxylation is 1. The summed E-state index contributed by atoms with van der Waals surface area (Å²) >= 11 is 0. The molecule has 2 heteroatoms. The van der Waals surface area contributed by atoms with Crippen molar-refractivity contribution < 1.29 is 8.78 Å². The van der Waals surface area contributed by atoms with Gasteiger partial charge in [-0.3, -0.25) is 0 Å². The highest BCUT2D eigenvalue weighted by molar-refractivity contribution is 5.26.